The third-order valence-corrected chi connectivity index (χ3v) is 7.63. The largest absolute Gasteiger partial charge is 0.443 e. The molecule has 0 unspecified atom stereocenters. The molecule has 0 radical (unpaired) electrons. The number of ether oxygens (including phenoxy) is 1. The maximum absolute atomic E-state index is 13.5. The molecule has 0 spiro atoms. The van der Waals surface area contributed by atoms with Crippen LogP contribution in [-0.4, -0.2) is 46.7 Å². The second kappa shape index (κ2) is 9.35. The fourth-order valence-electron chi connectivity index (χ4n) is 3.79. The Bertz CT molecular complexity index is 1720. The van der Waals surface area contributed by atoms with Crippen molar-refractivity contribution in [1.82, 2.24) is 14.5 Å². The van der Waals surface area contributed by atoms with Gasteiger partial charge in [0.25, 0.3) is 0 Å². The molecule has 0 aliphatic rings. The molecule has 0 bridgehead atoms. The highest BCUT2D eigenvalue weighted by molar-refractivity contribution is 7.91. The minimum atomic E-state index is -4.79. The van der Waals surface area contributed by atoms with Crippen molar-refractivity contribution >= 4 is 55.8 Å². The average Bonchev–Trinajstić information content (AvgIpc) is 3.13. The molecule has 4 aromatic rings. The lowest BCUT2D eigenvalue weighted by atomic mass is 10.1. The Labute approximate surface area is 220 Å². The van der Waals surface area contributed by atoms with Gasteiger partial charge < -0.3 is 4.74 Å². The highest BCUT2D eigenvalue weighted by Gasteiger charge is 2.35. The lowest BCUT2D eigenvalue weighted by molar-refractivity contribution is -0.137. The predicted octanol–water partition coefficient (Wildman–Crippen LogP) is 6.31. The molecule has 13 heteroatoms. The van der Waals surface area contributed by atoms with Crippen LogP contribution < -0.4 is 0 Å². The molecular weight excluding hydrogens is 547 g/mol. The van der Waals surface area contributed by atoms with E-state index in [1.54, 1.807) is 20.8 Å². The Morgan fingerprint density at radius 3 is 2.42 bits per heavy atom. The number of hydrogen-bond donors (Lipinski definition) is 0. The van der Waals surface area contributed by atoms with Crippen LogP contribution in [0.1, 0.15) is 43.6 Å². The number of benzene rings is 1. The molecule has 4 rings (SSSR count). The molecule has 200 valence electrons. The first-order chi connectivity index (χ1) is 17.6. The number of pyridine rings is 2. The molecule has 0 aliphatic carbocycles. The zero-order valence-electron chi connectivity index (χ0n) is 20.6. The first-order valence-corrected chi connectivity index (χ1v) is 13.2. The predicted molar refractivity (Wildman–Crippen MR) is 135 cm³/mol. The number of rotatable bonds is 4. The number of alkyl halides is 3. The van der Waals surface area contributed by atoms with E-state index in [4.69, 9.17) is 16.3 Å². The van der Waals surface area contributed by atoms with Gasteiger partial charge in [0.1, 0.15) is 28.8 Å². The molecular formula is C25H21ClF3N3O5S. The van der Waals surface area contributed by atoms with E-state index in [0.29, 0.717) is 23.9 Å². The minimum absolute atomic E-state index is 0.191. The lowest BCUT2D eigenvalue weighted by Crippen LogP contribution is -2.27. The van der Waals surface area contributed by atoms with Crippen LogP contribution in [0.15, 0.2) is 41.4 Å². The number of nitrogens with zero attached hydrogens (tertiary/aromatic N) is 3. The van der Waals surface area contributed by atoms with E-state index >= 15 is 0 Å². The fourth-order valence-corrected chi connectivity index (χ4v) is 5.16. The number of halogens is 4. The highest BCUT2D eigenvalue weighted by atomic mass is 35.5. The van der Waals surface area contributed by atoms with Crippen LogP contribution >= 0.6 is 11.6 Å². The number of carbonyl (C=O) groups excluding carboxylic acids is 2. The number of aldehydes is 1. The van der Waals surface area contributed by atoms with Gasteiger partial charge in [0, 0.05) is 17.1 Å². The topological polar surface area (TPSA) is 108 Å². The van der Waals surface area contributed by atoms with Gasteiger partial charge >= 0.3 is 12.3 Å². The zero-order valence-corrected chi connectivity index (χ0v) is 22.1. The first-order valence-electron chi connectivity index (χ1n) is 11.2. The van der Waals surface area contributed by atoms with Crippen LogP contribution in [0, 0.1) is 0 Å². The lowest BCUT2D eigenvalue weighted by Gasteiger charge is -2.21. The molecule has 0 aliphatic heterocycles. The summed E-state index contributed by atoms with van der Waals surface area (Å²) in [6.45, 7) is 6.07. The summed E-state index contributed by atoms with van der Waals surface area (Å²) in [4.78, 5) is 32.7. The van der Waals surface area contributed by atoms with Crippen molar-refractivity contribution in [1.29, 1.82) is 0 Å². The van der Waals surface area contributed by atoms with Crippen LogP contribution in [0.3, 0.4) is 0 Å². The van der Waals surface area contributed by atoms with E-state index in [1.807, 2.05) is 0 Å². The molecule has 38 heavy (non-hydrogen) atoms. The number of aromatic nitrogens is 3. The summed E-state index contributed by atoms with van der Waals surface area (Å²) in [5.74, 6) is -0.347. The Kier molecular flexibility index (Phi) is 6.77. The van der Waals surface area contributed by atoms with Gasteiger partial charge in [-0.25, -0.2) is 22.8 Å². The Balaban J connectivity index is 2.19. The van der Waals surface area contributed by atoms with E-state index in [9.17, 15) is 31.2 Å². The standard InChI is InChI=1S/C25H21ClF3N3O5S/c1-5-38(35,36)18-9-14-7-6-13(12-33)8-16(14)31-21(18)22-19(26)20-17(10-15(11-30-20)25(27,28)29)32(22)23(34)37-24(2,3)4/h6-12H,5H2,1-4H3. The molecule has 3 aromatic heterocycles. The summed E-state index contributed by atoms with van der Waals surface area (Å²) in [5.41, 5.74) is -2.93. The summed E-state index contributed by atoms with van der Waals surface area (Å²) in [5, 5.41) is 0.0745. The van der Waals surface area contributed by atoms with Crippen molar-refractivity contribution in [2.24, 2.45) is 0 Å². The van der Waals surface area contributed by atoms with Gasteiger partial charge in [-0.1, -0.05) is 30.7 Å². The van der Waals surface area contributed by atoms with Crippen molar-refractivity contribution in [3.05, 3.63) is 52.7 Å². The summed E-state index contributed by atoms with van der Waals surface area (Å²) in [6.07, 6.45) is -4.77. The molecule has 0 atom stereocenters. The van der Waals surface area contributed by atoms with Gasteiger partial charge in [-0.3, -0.25) is 9.78 Å². The zero-order chi connectivity index (χ0) is 28.2. The third kappa shape index (κ3) is 4.97. The van der Waals surface area contributed by atoms with Crippen LogP contribution in [0.5, 0.6) is 0 Å². The van der Waals surface area contributed by atoms with Gasteiger partial charge in [0.05, 0.1) is 32.3 Å². The SMILES string of the molecule is CCS(=O)(=O)c1cc2ccc(C=O)cc2nc1-c1c(Cl)c2ncc(C(F)(F)F)cc2n1C(=O)OC(C)(C)C. The Morgan fingerprint density at radius 2 is 1.84 bits per heavy atom. The first kappa shape index (κ1) is 27.5. The molecule has 0 saturated heterocycles. The Hall–Kier alpha value is -3.51. The molecule has 0 amide bonds. The molecule has 3 heterocycles. The van der Waals surface area contributed by atoms with E-state index < -0.39 is 33.3 Å². The summed E-state index contributed by atoms with van der Waals surface area (Å²) >= 11 is 6.59. The van der Waals surface area contributed by atoms with Crippen molar-refractivity contribution < 1.29 is 35.9 Å². The molecule has 0 N–H and O–H groups in total. The molecule has 1 aromatic carbocycles. The Morgan fingerprint density at radius 1 is 1.16 bits per heavy atom. The number of sulfone groups is 1. The minimum Gasteiger partial charge on any atom is -0.443 e. The van der Waals surface area contributed by atoms with Crippen molar-refractivity contribution in [2.45, 2.75) is 44.4 Å². The normalized spacial score (nSPS) is 12.7. The van der Waals surface area contributed by atoms with Crippen molar-refractivity contribution in [2.75, 3.05) is 5.75 Å². The van der Waals surface area contributed by atoms with Gasteiger partial charge in [-0.05, 0) is 39.0 Å². The van der Waals surface area contributed by atoms with Gasteiger partial charge in [-0.15, -0.1) is 0 Å². The van der Waals surface area contributed by atoms with Crippen molar-refractivity contribution in [3.63, 3.8) is 0 Å². The summed E-state index contributed by atoms with van der Waals surface area (Å²) in [7, 11) is -4.00. The number of fused-ring (bicyclic) bond motifs is 2. The van der Waals surface area contributed by atoms with E-state index in [-0.39, 0.29) is 49.2 Å². The second-order valence-corrected chi connectivity index (χ2v) is 12.0. The molecule has 8 nitrogen and oxygen atoms in total. The molecule has 0 fully saturated rings. The maximum atomic E-state index is 13.5. The van der Waals surface area contributed by atoms with E-state index in [1.165, 1.54) is 31.2 Å². The van der Waals surface area contributed by atoms with Crippen LogP contribution in [0.25, 0.3) is 33.3 Å². The average molecular weight is 568 g/mol. The highest BCUT2D eigenvalue weighted by Crippen LogP contribution is 2.42. The van der Waals surface area contributed by atoms with E-state index in [0.717, 1.165) is 4.57 Å². The maximum Gasteiger partial charge on any atom is 0.419 e. The second-order valence-electron chi connectivity index (χ2n) is 9.38. The van der Waals surface area contributed by atoms with E-state index in [2.05, 4.69) is 9.97 Å². The van der Waals surface area contributed by atoms with Crippen LogP contribution in [0.4, 0.5) is 18.0 Å². The smallest absolute Gasteiger partial charge is 0.419 e. The number of hydrogen-bond acceptors (Lipinski definition) is 7. The monoisotopic (exact) mass is 567 g/mol. The fraction of sp³-hybridized carbons (Fsp3) is 0.280. The summed E-state index contributed by atoms with van der Waals surface area (Å²) in [6, 6.07) is 6.38. The van der Waals surface area contributed by atoms with Gasteiger partial charge in [0.15, 0.2) is 9.84 Å². The quantitative estimate of drug-likeness (QED) is 0.266. The van der Waals surface area contributed by atoms with Gasteiger partial charge in [-0.2, -0.15) is 13.2 Å². The van der Waals surface area contributed by atoms with Gasteiger partial charge in [0.2, 0.25) is 0 Å². The third-order valence-electron chi connectivity index (χ3n) is 5.53. The van der Waals surface area contributed by atoms with Crippen LogP contribution in [0.2, 0.25) is 5.02 Å². The molecule has 0 saturated carbocycles. The van der Waals surface area contributed by atoms with Crippen LogP contribution in [-0.2, 0) is 20.8 Å². The van der Waals surface area contributed by atoms with Crippen molar-refractivity contribution in [3.8, 4) is 11.4 Å². The summed E-state index contributed by atoms with van der Waals surface area (Å²) < 4.78 is 73.1. The number of carbonyl (C=O) groups is 2.